The van der Waals surface area contributed by atoms with E-state index in [0.717, 1.165) is 41.7 Å². The molecule has 1 heterocycles. The van der Waals surface area contributed by atoms with Crippen molar-refractivity contribution in [3.63, 3.8) is 0 Å². The van der Waals surface area contributed by atoms with E-state index in [1.807, 2.05) is 13.8 Å². The van der Waals surface area contributed by atoms with Gasteiger partial charge in [-0.2, -0.15) is 0 Å². The molecule has 1 unspecified atom stereocenters. The average Bonchev–Trinajstić information content (AvgIpc) is 3.12. The second-order valence-electron chi connectivity index (χ2n) is 14.2. The van der Waals surface area contributed by atoms with Crippen molar-refractivity contribution in [2.24, 2.45) is 0 Å². The topological polar surface area (TPSA) is 55.8 Å². The van der Waals surface area contributed by atoms with Gasteiger partial charge >= 0.3 is 5.97 Å². The lowest BCUT2D eigenvalue weighted by Crippen LogP contribution is -2.37. The summed E-state index contributed by atoms with van der Waals surface area (Å²) in [6, 6.07) is 33.8. The summed E-state index contributed by atoms with van der Waals surface area (Å²) in [5.74, 6) is 0.733. The summed E-state index contributed by atoms with van der Waals surface area (Å²) in [7, 11) is -1.71. The highest BCUT2D eigenvalue weighted by atomic mass is 31.2. The molecule has 1 aliphatic rings. The van der Waals surface area contributed by atoms with Gasteiger partial charge in [-0.1, -0.05) is 93.1 Å². The molecule has 0 aromatic heterocycles. The van der Waals surface area contributed by atoms with Crippen LogP contribution in [-0.2, 0) is 11.2 Å². The van der Waals surface area contributed by atoms with Gasteiger partial charge in [0.15, 0.2) is 6.61 Å². The van der Waals surface area contributed by atoms with Gasteiger partial charge in [0.2, 0.25) is 0 Å². The first kappa shape index (κ1) is 36.7. The zero-order valence-electron chi connectivity index (χ0n) is 30.2. The van der Waals surface area contributed by atoms with E-state index in [2.05, 4.69) is 105 Å². The number of aliphatic carboxylic acids is 1. The minimum absolute atomic E-state index is 0.156. The fourth-order valence-electron chi connectivity index (χ4n) is 7.78. The first-order valence-electron chi connectivity index (χ1n) is 18.5. The molecule has 4 nitrogen and oxygen atoms in total. The van der Waals surface area contributed by atoms with Gasteiger partial charge in [0.25, 0.3) is 0 Å². The van der Waals surface area contributed by atoms with Crippen LogP contribution in [-0.4, -0.2) is 29.4 Å². The van der Waals surface area contributed by atoms with E-state index in [-0.39, 0.29) is 12.2 Å². The zero-order valence-corrected chi connectivity index (χ0v) is 31.1. The molecule has 0 amide bonds. The van der Waals surface area contributed by atoms with Crippen molar-refractivity contribution in [2.45, 2.75) is 110 Å². The van der Waals surface area contributed by atoms with Gasteiger partial charge in [-0.05, 0) is 119 Å². The van der Waals surface area contributed by atoms with Gasteiger partial charge in [0.1, 0.15) is 40.3 Å². The van der Waals surface area contributed by atoms with Gasteiger partial charge < -0.3 is 14.6 Å². The van der Waals surface area contributed by atoms with E-state index < -0.39 is 13.2 Å². The first-order chi connectivity index (χ1) is 23.7. The largest absolute Gasteiger partial charge is 0.487 e. The number of hydrogen-bond donors (Lipinski definition) is 1. The lowest BCUT2D eigenvalue weighted by Gasteiger charge is -2.38. The molecule has 49 heavy (non-hydrogen) atoms. The SMILES string of the molecule is Cc1c(C)c2c(c(C)c1OCC(=O)O)CCC(C)(CCCCCCCCCCC[P+](c1ccccc1)(c1ccccc1)c1ccccc1)O2. The maximum Gasteiger partial charge on any atom is 0.341 e. The van der Waals surface area contributed by atoms with Crippen molar-refractivity contribution in [1.82, 2.24) is 0 Å². The second kappa shape index (κ2) is 17.3. The summed E-state index contributed by atoms with van der Waals surface area (Å²) < 4.78 is 12.4. The van der Waals surface area contributed by atoms with Crippen molar-refractivity contribution in [3.05, 3.63) is 113 Å². The molecular formula is C44H56O4P+. The quantitative estimate of drug-likeness (QED) is 0.0840. The molecule has 1 atom stereocenters. The summed E-state index contributed by atoms with van der Waals surface area (Å²) in [6.45, 7) is 8.05. The molecule has 0 spiro atoms. The molecule has 4 aromatic rings. The Morgan fingerprint density at radius 2 is 1.16 bits per heavy atom. The number of carboxylic acid groups (broad SMARTS) is 1. The van der Waals surface area contributed by atoms with E-state index in [9.17, 15) is 4.79 Å². The van der Waals surface area contributed by atoms with E-state index in [1.54, 1.807) is 0 Å². The predicted octanol–water partition coefficient (Wildman–Crippen LogP) is 10.1. The minimum Gasteiger partial charge on any atom is -0.487 e. The minimum atomic E-state index is -1.71. The van der Waals surface area contributed by atoms with Crippen LogP contribution < -0.4 is 25.4 Å². The number of fused-ring (bicyclic) bond motifs is 1. The molecule has 260 valence electrons. The summed E-state index contributed by atoms with van der Waals surface area (Å²) in [5.41, 5.74) is 4.09. The Morgan fingerprint density at radius 1 is 0.694 bits per heavy atom. The van der Waals surface area contributed by atoms with Crippen LogP contribution in [0.25, 0.3) is 0 Å². The van der Waals surface area contributed by atoms with Crippen molar-refractivity contribution >= 4 is 29.1 Å². The molecule has 5 heteroatoms. The Labute approximate surface area is 295 Å². The molecule has 1 aliphatic heterocycles. The van der Waals surface area contributed by atoms with Crippen LogP contribution in [0.2, 0.25) is 0 Å². The van der Waals surface area contributed by atoms with Gasteiger partial charge in [-0.15, -0.1) is 0 Å². The van der Waals surface area contributed by atoms with Crippen molar-refractivity contribution in [3.8, 4) is 11.5 Å². The van der Waals surface area contributed by atoms with Crippen molar-refractivity contribution < 1.29 is 19.4 Å². The second-order valence-corrected chi connectivity index (χ2v) is 17.8. The molecule has 1 N–H and O–H groups in total. The lowest BCUT2D eigenvalue weighted by atomic mass is 9.84. The summed E-state index contributed by atoms with van der Waals surface area (Å²) in [5, 5.41) is 13.6. The number of unbranched alkanes of at least 4 members (excludes halogenated alkanes) is 8. The Kier molecular flexibility index (Phi) is 13.0. The number of carbonyl (C=O) groups is 1. The molecule has 0 radical (unpaired) electrons. The van der Waals surface area contributed by atoms with Gasteiger partial charge in [-0.25, -0.2) is 4.79 Å². The number of carboxylic acids is 1. The molecule has 0 saturated carbocycles. The highest BCUT2D eigenvalue weighted by Gasteiger charge is 2.44. The number of benzene rings is 4. The van der Waals surface area contributed by atoms with E-state index in [1.165, 1.54) is 85.4 Å². The normalized spacial score (nSPS) is 15.8. The Balaban J connectivity index is 1.05. The number of ether oxygens (including phenoxy) is 2. The fourth-order valence-corrected chi connectivity index (χ4v) is 12.2. The molecule has 0 aliphatic carbocycles. The highest BCUT2D eigenvalue weighted by Crippen LogP contribution is 2.56. The average molecular weight is 680 g/mol. The molecule has 4 aromatic carbocycles. The standard InChI is InChI=1S/C44H55O4P/c1-34-35(2)43-40(36(3)42(34)47-33-41(45)46)29-31-44(4,48-43)30-21-10-8-6-5-7-9-11-22-32-49(37-23-15-12-16-24-37,38-25-17-13-18-26-38)39-27-19-14-20-28-39/h12-20,23-28H,5-11,21-22,29-33H2,1-4H3/p+1. The Morgan fingerprint density at radius 3 is 1.65 bits per heavy atom. The van der Waals surface area contributed by atoms with Crippen LogP contribution in [0.15, 0.2) is 91.0 Å². The van der Waals surface area contributed by atoms with Crippen LogP contribution >= 0.6 is 7.26 Å². The smallest absolute Gasteiger partial charge is 0.341 e. The molecule has 5 rings (SSSR count). The maximum absolute atomic E-state index is 11.1. The monoisotopic (exact) mass is 679 g/mol. The Hall–Kier alpha value is -3.62. The fraction of sp³-hybridized carbons (Fsp3) is 0.432. The van der Waals surface area contributed by atoms with Gasteiger partial charge in [0.05, 0.1) is 6.16 Å². The zero-order chi connectivity index (χ0) is 34.7. The first-order valence-corrected chi connectivity index (χ1v) is 20.4. The van der Waals surface area contributed by atoms with Crippen LogP contribution in [0.4, 0.5) is 0 Å². The van der Waals surface area contributed by atoms with Gasteiger partial charge in [0, 0.05) is 5.56 Å². The lowest BCUT2D eigenvalue weighted by molar-refractivity contribution is -0.139. The molecule has 0 bridgehead atoms. The highest BCUT2D eigenvalue weighted by molar-refractivity contribution is 7.95. The van der Waals surface area contributed by atoms with E-state index in [4.69, 9.17) is 14.6 Å². The summed E-state index contributed by atoms with van der Waals surface area (Å²) >= 11 is 0. The van der Waals surface area contributed by atoms with Crippen LogP contribution in [0.1, 0.15) is 99.8 Å². The third-order valence-corrected chi connectivity index (χ3v) is 15.2. The molecule has 0 fully saturated rings. The van der Waals surface area contributed by atoms with Gasteiger partial charge in [-0.3, -0.25) is 0 Å². The summed E-state index contributed by atoms with van der Waals surface area (Å²) in [4.78, 5) is 11.1. The van der Waals surface area contributed by atoms with Crippen LogP contribution in [0.5, 0.6) is 11.5 Å². The van der Waals surface area contributed by atoms with E-state index in [0.29, 0.717) is 5.75 Å². The third-order valence-electron chi connectivity index (χ3n) is 10.7. The number of rotatable bonds is 18. The maximum atomic E-state index is 11.1. The van der Waals surface area contributed by atoms with Crippen LogP contribution in [0, 0.1) is 20.8 Å². The van der Waals surface area contributed by atoms with Crippen molar-refractivity contribution in [2.75, 3.05) is 12.8 Å². The van der Waals surface area contributed by atoms with Crippen molar-refractivity contribution in [1.29, 1.82) is 0 Å². The predicted molar refractivity (Wildman–Crippen MR) is 207 cm³/mol. The summed E-state index contributed by atoms with van der Waals surface area (Å²) in [6.07, 6.45) is 15.7. The molecular weight excluding hydrogens is 623 g/mol. The third kappa shape index (κ3) is 8.95. The molecule has 0 saturated heterocycles. The Bertz CT molecular complexity index is 1540. The van der Waals surface area contributed by atoms with Crippen LogP contribution in [0.3, 0.4) is 0 Å². The van der Waals surface area contributed by atoms with E-state index >= 15 is 0 Å². The number of hydrogen-bond acceptors (Lipinski definition) is 3.